The van der Waals surface area contributed by atoms with Gasteiger partial charge < -0.3 is 10.1 Å². The van der Waals surface area contributed by atoms with Crippen LogP contribution in [-0.4, -0.2) is 52.3 Å². The molecule has 2 aromatic rings. The summed E-state index contributed by atoms with van der Waals surface area (Å²) in [4.78, 5) is 14.3. The van der Waals surface area contributed by atoms with E-state index in [4.69, 9.17) is 4.74 Å². The fraction of sp³-hybridized carbons (Fsp3) is 0.545. The minimum Gasteiger partial charge on any atom is -0.370 e. The number of hydrogen-bond donors (Lipinski definition) is 2. The highest BCUT2D eigenvalue weighted by atomic mass is 16.5. The largest absolute Gasteiger partial charge is 0.370 e. The number of fused-ring (bicyclic) bond motifs is 1. The molecule has 28 heavy (non-hydrogen) atoms. The third kappa shape index (κ3) is 2.95. The Hall–Kier alpha value is -2.18. The molecular weight excluding hydrogens is 352 g/mol. The number of carbonyl (C=O) groups is 1. The summed E-state index contributed by atoms with van der Waals surface area (Å²) < 4.78 is 6.51. The van der Waals surface area contributed by atoms with E-state index in [0.29, 0.717) is 24.4 Å². The third-order valence-electron chi connectivity index (χ3n) is 6.88. The highest BCUT2D eigenvalue weighted by Gasteiger charge is 2.62. The molecule has 148 valence electrons. The van der Waals surface area contributed by atoms with E-state index in [1.807, 2.05) is 19.2 Å². The van der Waals surface area contributed by atoms with E-state index in [9.17, 15) is 4.79 Å². The molecule has 6 heteroatoms. The first-order chi connectivity index (χ1) is 13.7. The summed E-state index contributed by atoms with van der Waals surface area (Å²) in [5, 5.41) is 10.6. The lowest BCUT2D eigenvalue weighted by Crippen LogP contribution is -2.41. The molecule has 3 saturated heterocycles. The molecule has 0 radical (unpaired) electrons. The van der Waals surface area contributed by atoms with E-state index in [2.05, 4.69) is 44.7 Å². The average molecular weight is 380 g/mol. The first-order valence-corrected chi connectivity index (χ1v) is 10.4. The van der Waals surface area contributed by atoms with Crippen molar-refractivity contribution in [3.8, 4) is 11.3 Å². The van der Waals surface area contributed by atoms with Gasteiger partial charge in [-0.15, -0.1) is 0 Å². The average Bonchev–Trinajstić information content (AvgIpc) is 3.47. The van der Waals surface area contributed by atoms with Crippen LogP contribution >= 0.6 is 0 Å². The Labute approximate surface area is 165 Å². The van der Waals surface area contributed by atoms with Crippen LogP contribution in [0.4, 0.5) is 0 Å². The molecule has 3 aliphatic rings. The summed E-state index contributed by atoms with van der Waals surface area (Å²) in [6, 6.07) is 10.4. The Morgan fingerprint density at radius 3 is 3.07 bits per heavy atom. The van der Waals surface area contributed by atoms with Crippen LogP contribution in [0.2, 0.25) is 0 Å². The number of likely N-dealkylation sites (tertiary alicyclic amines) is 1. The minimum atomic E-state index is -0.0110. The molecule has 1 aromatic carbocycles. The number of hydrogen-bond acceptors (Lipinski definition) is 4. The van der Waals surface area contributed by atoms with Crippen molar-refractivity contribution in [2.24, 2.45) is 11.8 Å². The maximum absolute atomic E-state index is 11.7. The van der Waals surface area contributed by atoms with E-state index in [1.165, 1.54) is 11.1 Å². The standard InChI is InChI=1S/C22H28N4O2/c1-2-20(27)23-11-17-18-13-26(14-22(18)9-8-19(17)28-22)12-16-10-24-25-21(16)15-6-4-3-5-7-15/h3-7,10,17-19H,2,8-9,11-14H2,1H3,(H,23,27)(H,24,25)/t17-,18+,19+,22+/m0/s1. The van der Waals surface area contributed by atoms with E-state index in [1.54, 1.807) is 0 Å². The number of ether oxygens (including phenoxy) is 1. The van der Waals surface area contributed by atoms with E-state index in [0.717, 1.165) is 44.7 Å². The topological polar surface area (TPSA) is 70.2 Å². The lowest BCUT2D eigenvalue weighted by molar-refractivity contribution is -0.121. The van der Waals surface area contributed by atoms with Crippen molar-refractivity contribution in [2.45, 2.75) is 44.4 Å². The maximum atomic E-state index is 11.7. The van der Waals surface area contributed by atoms with Gasteiger partial charge in [-0.3, -0.25) is 14.8 Å². The Balaban J connectivity index is 1.30. The van der Waals surface area contributed by atoms with Crippen molar-refractivity contribution < 1.29 is 9.53 Å². The summed E-state index contributed by atoms with van der Waals surface area (Å²) in [5.41, 5.74) is 3.49. The van der Waals surface area contributed by atoms with Crippen LogP contribution in [0.3, 0.4) is 0 Å². The van der Waals surface area contributed by atoms with Crippen LogP contribution in [0.1, 0.15) is 31.7 Å². The number of H-pyrrole nitrogens is 1. The van der Waals surface area contributed by atoms with Crippen molar-refractivity contribution >= 4 is 5.91 Å². The smallest absolute Gasteiger partial charge is 0.219 e. The lowest BCUT2D eigenvalue weighted by atomic mass is 9.73. The molecule has 2 bridgehead atoms. The predicted octanol–water partition coefficient (Wildman–Crippen LogP) is 2.58. The molecule has 6 nitrogen and oxygen atoms in total. The van der Waals surface area contributed by atoms with Gasteiger partial charge in [0.25, 0.3) is 0 Å². The first kappa shape index (κ1) is 17.9. The Bertz CT molecular complexity index is 851. The molecule has 1 aromatic heterocycles. The van der Waals surface area contributed by atoms with Gasteiger partial charge in [-0.2, -0.15) is 5.10 Å². The predicted molar refractivity (Wildman–Crippen MR) is 106 cm³/mol. The molecule has 0 saturated carbocycles. The normalized spacial score (nSPS) is 31.2. The molecule has 3 fully saturated rings. The van der Waals surface area contributed by atoms with Gasteiger partial charge in [0.1, 0.15) is 0 Å². The highest BCUT2D eigenvalue weighted by Crippen LogP contribution is 2.54. The molecule has 4 heterocycles. The van der Waals surface area contributed by atoms with Crippen molar-refractivity contribution in [3.05, 3.63) is 42.1 Å². The monoisotopic (exact) mass is 380 g/mol. The number of benzene rings is 1. The SMILES string of the molecule is CCC(=O)NC[C@H]1[C@H]2CN(Cc3cn[nH]c3-c3ccccc3)C[C@]23CC[C@H]1O3. The van der Waals surface area contributed by atoms with Crippen LogP contribution < -0.4 is 5.32 Å². The Kier molecular flexibility index (Phi) is 4.48. The van der Waals surface area contributed by atoms with Gasteiger partial charge in [-0.25, -0.2) is 0 Å². The second-order valence-electron chi connectivity index (χ2n) is 8.49. The minimum absolute atomic E-state index is 0.0110. The molecule has 3 aliphatic heterocycles. The molecule has 0 aliphatic carbocycles. The number of rotatable bonds is 6. The maximum Gasteiger partial charge on any atom is 0.219 e. The summed E-state index contributed by atoms with van der Waals surface area (Å²) >= 11 is 0. The number of aromatic amines is 1. The molecule has 2 N–H and O–H groups in total. The van der Waals surface area contributed by atoms with Crippen molar-refractivity contribution in [2.75, 3.05) is 19.6 Å². The van der Waals surface area contributed by atoms with Crippen LogP contribution in [0.15, 0.2) is 36.5 Å². The fourth-order valence-corrected chi connectivity index (χ4v) is 5.56. The number of amides is 1. The van der Waals surface area contributed by atoms with E-state index in [-0.39, 0.29) is 11.5 Å². The molecule has 1 amide bonds. The van der Waals surface area contributed by atoms with Gasteiger partial charge in [0.05, 0.1) is 23.6 Å². The van der Waals surface area contributed by atoms with Crippen molar-refractivity contribution in [3.63, 3.8) is 0 Å². The van der Waals surface area contributed by atoms with Gasteiger partial charge in [0.2, 0.25) is 5.91 Å². The van der Waals surface area contributed by atoms with E-state index >= 15 is 0 Å². The zero-order valence-corrected chi connectivity index (χ0v) is 16.4. The fourth-order valence-electron chi connectivity index (χ4n) is 5.56. The molecule has 4 atom stereocenters. The number of aromatic nitrogens is 2. The summed E-state index contributed by atoms with van der Waals surface area (Å²) in [5.74, 6) is 1.08. The Morgan fingerprint density at radius 1 is 1.39 bits per heavy atom. The third-order valence-corrected chi connectivity index (χ3v) is 6.88. The van der Waals surface area contributed by atoms with Crippen LogP contribution in [-0.2, 0) is 16.1 Å². The summed E-state index contributed by atoms with van der Waals surface area (Å²) in [7, 11) is 0. The second kappa shape index (κ2) is 7.01. The molecule has 1 spiro atoms. The van der Waals surface area contributed by atoms with Crippen LogP contribution in [0, 0.1) is 11.8 Å². The highest BCUT2D eigenvalue weighted by molar-refractivity contribution is 5.75. The first-order valence-electron chi connectivity index (χ1n) is 10.4. The van der Waals surface area contributed by atoms with Gasteiger partial charge in [-0.05, 0) is 18.4 Å². The zero-order chi connectivity index (χ0) is 19.1. The summed E-state index contributed by atoms with van der Waals surface area (Å²) in [6.07, 6.45) is 5.08. The number of carbonyl (C=O) groups excluding carboxylic acids is 1. The molecular formula is C22H28N4O2. The van der Waals surface area contributed by atoms with Gasteiger partial charge in [0, 0.05) is 50.0 Å². The van der Waals surface area contributed by atoms with Crippen LogP contribution in [0.25, 0.3) is 11.3 Å². The van der Waals surface area contributed by atoms with Crippen molar-refractivity contribution in [1.82, 2.24) is 20.4 Å². The molecule has 0 unspecified atom stereocenters. The van der Waals surface area contributed by atoms with Gasteiger partial charge in [-0.1, -0.05) is 37.3 Å². The summed E-state index contributed by atoms with van der Waals surface area (Å²) in [6.45, 7) is 5.54. The zero-order valence-electron chi connectivity index (χ0n) is 16.4. The van der Waals surface area contributed by atoms with Gasteiger partial charge in [0.15, 0.2) is 0 Å². The van der Waals surface area contributed by atoms with Crippen molar-refractivity contribution in [1.29, 1.82) is 0 Å². The van der Waals surface area contributed by atoms with E-state index < -0.39 is 0 Å². The Morgan fingerprint density at radius 2 is 2.25 bits per heavy atom. The second-order valence-corrected chi connectivity index (χ2v) is 8.49. The van der Waals surface area contributed by atoms with Crippen LogP contribution in [0.5, 0.6) is 0 Å². The lowest BCUT2D eigenvalue weighted by Gasteiger charge is -2.29. The quantitative estimate of drug-likeness (QED) is 0.808. The number of nitrogens with one attached hydrogen (secondary N) is 2. The number of nitrogens with zero attached hydrogens (tertiary/aromatic N) is 2. The van der Waals surface area contributed by atoms with Gasteiger partial charge >= 0.3 is 0 Å². The molecule has 5 rings (SSSR count).